The lowest BCUT2D eigenvalue weighted by Crippen LogP contribution is -2.12. The van der Waals surface area contributed by atoms with E-state index in [-0.39, 0.29) is 5.91 Å². The summed E-state index contributed by atoms with van der Waals surface area (Å²) in [7, 11) is 0. The zero-order valence-corrected chi connectivity index (χ0v) is 12.2. The number of benzene rings is 2. The maximum absolute atomic E-state index is 12.1. The topological polar surface area (TPSA) is 29.1 Å². The smallest absolute Gasteiger partial charge is 0.256 e. The predicted octanol–water partition coefficient (Wildman–Crippen LogP) is 5.01. The van der Waals surface area contributed by atoms with E-state index in [0.717, 1.165) is 0 Å². The van der Waals surface area contributed by atoms with Gasteiger partial charge in [-0.1, -0.05) is 35.3 Å². The number of hydrogen-bond donors (Lipinski definition) is 1. The number of rotatable bonds is 2. The first kappa shape index (κ1) is 13.4. The highest BCUT2D eigenvalue weighted by Crippen LogP contribution is 2.25. The molecule has 0 unspecified atom stereocenters. The van der Waals surface area contributed by atoms with Gasteiger partial charge in [0.25, 0.3) is 5.91 Å². The lowest BCUT2D eigenvalue weighted by atomic mass is 10.2. The summed E-state index contributed by atoms with van der Waals surface area (Å²) >= 11 is 15.2. The molecule has 2 nitrogen and oxygen atoms in total. The molecule has 0 aliphatic carbocycles. The number of hydrogen-bond acceptors (Lipinski definition) is 1. The zero-order valence-electron chi connectivity index (χ0n) is 9.08. The summed E-state index contributed by atoms with van der Waals surface area (Å²) in [4.78, 5) is 12.1. The Kier molecular flexibility index (Phi) is 4.27. The normalized spacial score (nSPS) is 10.2. The molecule has 0 saturated heterocycles. The maximum atomic E-state index is 12.1. The third-order valence-electron chi connectivity index (χ3n) is 2.30. The van der Waals surface area contributed by atoms with E-state index in [9.17, 15) is 4.79 Å². The first-order valence-corrected chi connectivity index (χ1v) is 6.64. The maximum Gasteiger partial charge on any atom is 0.256 e. The van der Waals surface area contributed by atoms with Crippen LogP contribution in [0.1, 0.15) is 10.4 Å². The van der Waals surface area contributed by atoms with E-state index in [2.05, 4.69) is 21.2 Å². The highest BCUT2D eigenvalue weighted by Gasteiger charge is 2.12. The van der Waals surface area contributed by atoms with Gasteiger partial charge in [0.2, 0.25) is 0 Å². The monoisotopic (exact) mass is 343 g/mol. The van der Waals surface area contributed by atoms with Crippen LogP contribution < -0.4 is 5.32 Å². The Labute approximate surface area is 123 Å². The second-order valence-electron chi connectivity index (χ2n) is 3.56. The molecule has 0 aromatic heterocycles. The van der Waals surface area contributed by atoms with Crippen molar-refractivity contribution in [2.24, 2.45) is 0 Å². The van der Waals surface area contributed by atoms with Crippen LogP contribution in [-0.4, -0.2) is 5.91 Å². The van der Waals surface area contributed by atoms with Crippen molar-refractivity contribution in [3.63, 3.8) is 0 Å². The Bertz CT molecular complexity index is 601. The van der Waals surface area contributed by atoms with Crippen LogP contribution in [0.5, 0.6) is 0 Å². The molecular formula is C13H8BrCl2NO. The minimum atomic E-state index is -0.266. The van der Waals surface area contributed by atoms with Crippen LogP contribution in [0.25, 0.3) is 0 Å². The minimum Gasteiger partial charge on any atom is -0.321 e. The number of halogens is 3. The van der Waals surface area contributed by atoms with Crippen molar-refractivity contribution < 1.29 is 4.79 Å². The van der Waals surface area contributed by atoms with Crippen LogP contribution in [0, 0.1) is 0 Å². The second-order valence-corrected chi connectivity index (χ2v) is 5.26. The first-order valence-electron chi connectivity index (χ1n) is 5.09. The molecule has 0 bridgehead atoms. The van der Waals surface area contributed by atoms with Crippen molar-refractivity contribution in [3.8, 4) is 0 Å². The van der Waals surface area contributed by atoms with E-state index in [0.29, 0.717) is 25.8 Å². The molecule has 0 aliphatic rings. The molecule has 2 aromatic carbocycles. The number of amides is 1. The molecule has 5 heteroatoms. The molecule has 92 valence electrons. The van der Waals surface area contributed by atoms with Crippen molar-refractivity contribution in [1.29, 1.82) is 0 Å². The average molecular weight is 345 g/mol. The van der Waals surface area contributed by atoms with E-state index < -0.39 is 0 Å². The van der Waals surface area contributed by atoms with Gasteiger partial charge in [-0.2, -0.15) is 0 Å². The summed E-state index contributed by atoms with van der Waals surface area (Å²) in [6.45, 7) is 0. The van der Waals surface area contributed by atoms with E-state index in [4.69, 9.17) is 23.2 Å². The number of para-hydroxylation sites is 1. The van der Waals surface area contributed by atoms with Gasteiger partial charge in [-0.3, -0.25) is 4.79 Å². The number of anilines is 1. The molecule has 1 amide bonds. The highest BCUT2D eigenvalue weighted by atomic mass is 79.9. The molecule has 0 aliphatic heterocycles. The van der Waals surface area contributed by atoms with Crippen LogP contribution in [0.4, 0.5) is 5.69 Å². The van der Waals surface area contributed by atoms with Gasteiger partial charge in [-0.15, -0.1) is 0 Å². The van der Waals surface area contributed by atoms with E-state index in [1.54, 1.807) is 42.5 Å². The van der Waals surface area contributed by atoms with Crippen LogP contribution in [-0.2, 0) is 0 Å². The summed E-state index contributed by atoms with van der Waals surface area (Å²) in [6, 6.07) is 12.1. The van der Waals surface area contributed by atoms with Gasteiger partial charge in [0, 0.05) is 9.50 Å². The van der Waals surface area contributed by atoms with Crippen LogP contribution in [0.3, 0.4) is 0 Å². The standard InChI is InChI=1S/C13H8BrCl2NO/c14-10-6-5-8(15)7-9(10)13(18)17-12-4-2-1-3-11(12)16/h1-7H,(H,17,18). The summed E-state index contributed by atoms with van der Waals surface area (Å²) in [6.07, 6.45) is 0. The van der Waals surface area contributed by atoms with Crippen LogP contribution in [0.2, 0.25) is 10.0 Å². The molecule has 0 saturated carbocycles. The fourth-order valence-electron chi connectivity index (χ4n) is 1.42. The number of nitrogens with one attached hydrogen (secondary N) is 1. The Morgan fingerprint density at radius 1 is 1.11 bits per heavy atom. The Hall–Kier alpha value is -1.03. The summed E-state index contributed by atoms with van der Waals surface area (Å²) in [5.41, 5.74) is 1.03. The summed E-state index contributed by atoms with van der Waals surface area (Å²) in [5, 5.41) is 3.73. The molecule has 0 spiro atoms. The Morgan fingerprint density at radius 3 is 2.56 bits per heavy atom. The van der Waals surface area contributed by atoms with Gasteiger partial charge in [-0.05, 0) is 46.3 Å². The van der Waals surface area contributed by atoms with Gasteiger partial charge in [0.15, 0.2) is 0 Å². The minimum absolute atomic E-state index is 0.266. The van der Waals surface area contributed by atoms with Crippen molar-refractivity contribution in [3.05, 3.63) is 62.5 Å². The quantitative estimate of drug-likeness (QED) is 0.815. The molecule has 0 atom stereocenters. The van der Waals surface area contributed by atoms with Gasteiger partial charge < -0.3 is 5.32 Å². The third kappa shape index (κ3) is 3.05. The van der Waals surface area contributed by atoms with E-state index in [1.165, 1.54) is 0 Å². The lowest BCUT2D eigenvalue weighted by molar-refractivity contribution is 0.102. The molecular weight excluding hydrogens is 337 g/mol. The molecule has 2 aromatic rings. The van der Waals surface area contributed by atoms with E-state index >= 15 is 0 Å². The SMILES string of the molecule is O=C(Nc1ccccc1Cl)c1cc(Cl)ccc1Br. The Morgan fingerprint density at radius 2 is 1.83 bits per heavy atom. The summed E-state index contributed by atoms with van der Waals surface area (Å²) < 4.78 is 0.677. The largest absolute Gasteiger partial charge is 0.321 e. The number of carbonyl (C=O) groups excluding carboxylic acids is 1. The molecule has 18 heavy (non-hydrogen) atoms. The van der Waals surface area contributed by atoms with E-state index in [1.807, 2.05) is 0 Å². The fraction of sp³-hybridized carbons (Fsp3) is 0. The lowest BCUT2D eigenvalue weighted by Gasteiger charge is -2.08. The average Bonchev–Trinajstić information content (AvgIpc) is 2.35. The fourth-order valence-corrected chi connectivity index (χ4v) is 2.21. The van der Waals surface area contributed by atoms with Gasteiger partial charge in [-0.25, -0.2) is 0 Å². The first-order chi connectivity index (χ1) is 8.58. The van der Waals surface area contributed by atoms with Crippen molar-refractivity contribution in [2.75, 3.05) is 5.32 Å². The second kappa shape index (κ2) is 5.74. The van der Waals surface area contributed by atoms with Crippen molar-refractivity contribution in [2.45, 2.75) is 0 Å². The molecule has 0 fully saturated rings. The summed E-state index contributed by atoms with van der Waals surface area (Å²) in [5.74, 6) is -0.266. The van der Waals surface area contributed by atoms with Crippen LogP contribution >= 0.6 is 39.1 Å². The molecule has 0 radical (unpaired) electrons. The van der Waals surface area contributed by atoms with Crippen molar-refractivity contribution in [1.82, 2.24) is 0 Å². The Balaban J connectivity index is 2.28. The molecule has 1 N–H and O–H groups in total. The predicted molar refractivity (Wildman–Crippen MR) is 78.6 cm³/mol. The van der Waals surface area contributed by atoms with Gasteiger partial charge >= 0.3 is 0 Å². The van der Waals surface area contributed by atoms with Crippen LogP contribution in [0.15, 0.2) is 46.9 Å². The van der Waals surface area contributed by atoms with Gasteiger partial charge in [0.05, 0.1) is 16.3 Å². The molecule has 2 rings (SSSR count). The number of carbonyl (C=O) groups is 1. The van der Waals surface area contributed by atoms with Crippen molar-refractivity contribution >= 4 is 50.7 Å². The third-order valence-corrected chi connectivity index (χ3v) is 3.55. The van der Waals surface area contributed by atoms with Gasteiger partial charge in [0.1, 0.15) is 0 Å². The highest BCUT2D eigenvalue weighted by molar-refractivity contribution is 9.10. The zero-order chi connectivity index (χ0) is 13.1. The molecule has 0 heterocycles.